The van der Waals surface area contributed by atoms with Gasteiger partial charge in [-0.1, -0.05) is 11.3 Å². The Hall–Kier alpha value is -2.22. The van der Waals surface area contributed by atoms with Crippen molar-refractivity contribution in [2.75, 3.05) is 11.9 Å². The number of ether oxygens (including phenoxy) is 2. The number of fused-ring (bicyclic) bond motifs is 1. The molecule has 8 heteroatoms. The van der Waals surface area contributed by atoms with E-state index >= 15 is 0 Å². The molecule has 2 rings (SSSR count). The van der Waals surface area contributed by atoms with Crippen LogP contribution in [0.3, 0.4) is 0 Å². The van der Waals surface area contributed by atoms with Crippen molar-refractivity contribution in [2.24, 2.45) is 0 Å². The maximum absolute atomic E-state index is 11.7. The normalized spacial score (nSPS) is 11.3. The molecule has 118 valence electrons. The summed E-state index contributed by atoms with van der Waals surface area (Å²) in [6, 6.07) is 1.64. The number of carbonyl (C=O) groups is 2. The number of hydrogen-bond acceptors (Lipinski definition) is 7. The SMILES string of the molecule is CCOC(=O)c1cnc2nc(NC(=O)OC(C)(C)C)sc2c1. The van der Waals surface area contributed by atoms with Crippen LogP contribution in [0.4, 0.5) is 9.93 Å². The third kappa shape index (κ3) is 4.14. The van der Waals surface area contributed by atoms with Gasteiger partial charge in [0, 0.05) is 6.20 Å². The smallest absolute Gasteiger partial charge is 0.413 e. The Morgan fingerprint density at radius 3 is 2.73 bits per heavy atom. The highest BCUT2D eigenvalue weighted by atomic mass is 32.1. The molecule has 0 unspecified atom stereocenters. The van der Waals surface area contributed by atoms with Gasteiger partial charge in [0.1, 0.15) is 5.60 Å². The van der Waals surface area contributed by atoms with E-state index in [0.717, 1.165) is 0 Å². The summed E-state index contributed by atoms with van der Waals surface area (Å²) in [4.78, 5) is 31.6. The van der Waals surface area contributed by atoms with E-state index in [1.165, 1.54) is 17.5 Å². The lowest BCUT2D eigenvalue weighted by molar-refractivity contribution is 0.0525. The number of aromatic nitrogens is 2. The van der Waals surface area contributed by atoms with Crippen LogP contribution >= 0.6 is 11.3 Å². The van der Waals surface area contributed by atoms with Crippen LogP contribution in [0, 0.1) is 0 Å². The highest BCUT2D eigenvalue weighted by Gasteiger charge is 2.18. The van der Waals surface area contributed by atoms with Gasteiger partial charge in [-0.3, -0.25) is 5.32 Å². The molecule has 1 amide bonds. The maximum Gasteiger partial charge on any atom is 0.413 e. The highest BCUT2D eigenvalue weighted by Crippen LogP contribution is 2.26. The van der Waals surface area contributed by atoms with Crippen molar-refractivity contribution in [2.45, 2.75) is 33.3 Å². The van der Waals surface area contributed by atoms with Crippen LogP contribution in [0.15, 0.2) is 12.3 Å². The molecule has 7 nitrogen and oxygen atoms in total. The molecule has 0 radical (unpaired) electrons. The number of anilines is 1. The second-order valence-corrected chi connectivity index (χ2v) is 6.44. The molecule has 0 bridgehead atoms. The van der Waals surface area contributed by atoms with Crippen molar-refractivity contribution in [1.82, 2.24) is 9.97 Å². The number of nitrogens with zero attached hydrogens (tertiary/aromatic N) is 2. The molecule has 0 saturated carbocycles. The summed E-state index contributed by atoms with van der Waals surface area (Å²) in [6.07, 6.45) is 0.814. The minimum absolute atomic E-state index is 0.297. The van der Waals surface area contributed by atoms with Crippen LogP contribution < -0.4 is 5.32 Å². The van der Waals surface area contributed by atoms with Crippen molar-refractivity contribution in [3.63, 3.8) is 0 Å². The van der Waals surface area contributed by atoms with Gasteiger partial charge in [0.05, 0.1) is 16.9 Å². The van der Waals surface area contributed by atoms with E-state index in [-0.39, 0.29) is 0 Å². The number of carbonyl (C=O) groups excluding carboxylic acids is 2. The van der Waals surface area contributed by atoms with E-state index in [0.29, 0.717) is 27.6 Å². The molecule has 0 spiro atoms. The Balaban J connectivity index is 2.17. The Kier molecular flexibility index (Phi) is 4.60. The van der Waals surface area contributed by atoms with Crippen LogP contribution in [0.5, 0.6) is 0 Å². The maximum atomic E-state index is 11.7. The standard InChI is InChI=1S/C14H17N3O4S/c1-5-20-11(18)8-6-9-10(15-7-8)16-12(22-9)17-13(19)21-14(2,3)4/h6-7H,5H2,1-4H3,(H,15,16,17,19). The van der Waals surface area contributed by atoms with Crippen LogP contribution in [0.25, 0.3) is 10.3 Å². The van der Waals surface area contributed by atoms with Gasteiger partial charge in [-0.05, 0) is 33.8 Å². The average molecular weight is 323 g/mol. The first kappa shape index (κ1) is 16.2. The quantitative estimate of drug-likeness (QED) is 0.872. The first-order valence-electron chi connectivity index (χ1n) is 6.72. The van der Waals surface area contributed by atoms with Gasteiger partial charge in [0.25, 0.3) is 0 Å². The fourth-order valence-corrected chi connectivity index (χ4v) is 2.44. The van der Waals surface area contributed by atoms with E-state index in [1.54, 1.807) is 33.8 Å². The fourth-order valence-electron chi connectivity index (χ4n) is 1.59. The van der Waals surface area contributed by atoms with Crippen LogP contribution in [-0.2, 0) is 9.47 Å². The first-order chi connectivity index (χ1) is 10.3. The van der Waals surface area contributed by atoms with Crippen molar-refractivity contribution in [3.8, 4) is 0 Å². The minimum Gasteiger partial charge on any atom is -0.462 e. The number of rotatable bonds is 3. The Morgan fingerprint density at radius 1 is 1.36 bits per heavy atom. The topological polar surface area (TPSA) is 90.4 Å². The number of thiazole rings is 1. The molecule has 2 aromatic rings. The Labute approximate surface area is 131 Å². The molecule has 22 heavy (non-hydrogen) atoms. The molecule has 0 fully saturated rings. The van der Waals surface area contributed by atoms with E-state index in [1.807, 2.05) is 0 Å². The van der Waals surface area contributed by atoms with Gasteiger partial charge >= 0.3 is 12.1 Å². The lowest BCUT2D eigenvalue weighted by Gasteiger charge is -2.18. The predicted octanol–water partition coefficient (Wildman–Crippen LogP) is 3.22. The van der Waals surface area contributed by atoms with Crippen molar-refractivity contribution >= 4 is 38.9 Å². The van der Waals surface area contributed by atoms with Gasteiger partial charge in [0.15, 0.2) is 10.8 Å². The van der Waals surface area contributed by atoms with Gasteiger partial charge in [-0.15, -0.1) is 0 Å². The van der Waals surface area contributed by atoms with E-state index in [2.05, 4.69) is 15.3 Å². The van der Waals surface area contributed by atoms with Gasteiger partial charge in [-0.25, -0.2) is 14.6 Å². The molecule has 0 aliphatic heterocycles. The summed E-state index contributed by atoms with van der Waals surface area (Å²) in [7, 11) is 0. The van der Waals surface area contributed by atoms with Crippen LogP contribution in [-0.4, -0.2) is 34.2 Å². The summed E-state index contributed by atoms with van der Waals surface area (Å²) in [6.45, 7) is 7.36. The van der Waals surface area contributed by atoms with Gasteiger partial charge in [0.2, 0.25) is 0 Å². The third-order valence-corrected chi connectivity index (χ3v) is 3.27. The van der Waals surface area contributed by atoms with Crippen LogP contribution in [0.1, 0.15) is 38.1 Å². The molecular weight excluding hydrogens is 306 g/mol. The Bertz CT molecular complexity index is 706. The zero-order chi connectivity index (χ0) is 16.3. The largest absolute Gasteiger partial charge is 0.462 e. The monoisotopic (exact) mass is 323 g/mol. The van der Waals surface area contributed by atoms with Gasteiger partial charge in [-0.2, -0.15) is 4.98 Å². The number of pyridine rings is 1. The van der Waals surface area contributed by atoms with Crippen molar-refractivity contribution < 1.29 is 19.1 Å². The summed E-state index contributed by atoms with van der Waals surface area (Å²) >= 11 is 1.21. The summed E-state index contributed by atoms with van der Waals surface area (Å²) < 4.78 is 10.7. The number of nitrogens with one attached hydrogen (secondary N) is 1. The molecule has 2 aromatic heterocycles. The zero-order valence-corrected chi connectivity index (χ0v) is 13.6. The molecular formula is C14H17N3O4S. The number of amides is 1. The molecule has 0 aromatic carbocycles. The molecule has 0 saturated heterocycles. The lowest BCUT2D eigenvalue weighted by atomic mass is 10.2. The first-order valence-corrected chi connectivity index (χ1v) is 7.54. The van der Waals surface area contributed by atoms with Crippen molar-refractivity contribution in [1.29, 1.82) is 0 Å². The Morgan fingerprint density at radius 2 is 2.09 bits per heavy atom. The van der Waals surface area contributed by atoms with Gasteiger partial charge < -0.3 is 9.47 Å². The number of hydrogen-bond donors (Lipinski definition) is 1. The minimum atomic E-state index is -0.587. The predicted molar refractivity (Wildman–Crippen MR) is 83.2 cm³/mol. The summed E-state index contributed by atoms with van der Waals surface area (Å²) in [5, 5.41) is 2.91. The molecule has 0 aliphatic carbocycles. The zero-order valence-electron chi connectivity index (χ0n) is 12.8. The average Bonchev–Trinajstić information content (AvgIpc) is 2.77. The summed E-state index contributed by atoms with van der Waals surface area (Å²) in [5.74, 6) is -0.438. The summed E-state index contributed by atoms with van der Waals surface area (Å²) in [5.41, 5.74) is 0.210. The molecule has 2 heterocycles. The van der Waals surface area contributed by atoms with E-state index in [9.17, 15) is 9.59 Å². The fraction of sp³-hybridized carbons (Fsp3) is 0.429. The number of esters is 1. The molecule has 0 atom stereocenters. The second kappa shape index (κ2) is 6.27. The third-order valence-electron chi connectivity index (χ3n) is 2.37. The van der Waals surface area contributed by atoms with E-state index < -0.39 is 17.7 Å². The molecule has 0 aliphatic rings. The molecule has 1 N–H and O–H groups in total. The highest BCUT2D eigenvalue weighted by molar-refractivity contribution is 7.22. The van der Waals surface area contributed by atoms with Crippen LogP contribution in [0.2, 0.25) is 0 Å². The van der Waals surface area contributed by atoms with E-state index in [4.69, 9.17) is 9.47 Å². The lowest BCUT2D eigenvalue weighted by Crippen LogP contribution is -2.27. The van der Waals surface area contributed by atoms with Crippen molar-refractivity contribution in [3.05, 3.63) is 17.8 Å². The second-order valence-electron chi connectivity index (χ2n) is 5.41.